The number of hydrogen-bond acceptors (Lipinski definition) is 6. The van der Waals surface area contributed by atoms with E-state index in [1.807, 2.05) is 18.4 Å². The minimum atomic E-state index is -0.390. The molecular weight excluding hydrogens is 457 g/mol. The number of H-pyrrole nitrogens is 1. The summed E-state index contributed by atoms with van der Waals surface area (Å²) in [4.78, 5) is 14.7. The molecule has 5 aromatic rings. The number of nitrogens with one attached hydrogen (secondary N) is 1. The molecule has 1 aliphatic heterocycles. The average molecular weight is 478 g/mol. The summed E-state index contributed by atoms with van der Waals surface area (Å²) in [7, 11) is 0. The zero-order valence-electron chi connectivity index (χ0n) is 18.6. The number of anilines is 1. The zero-order valence-corrected chi connectivity index (χ0v) is 19.4. The van der Waals surface area contributed by atoms with Gasteiger partial charge in [0.15, 0.2) is 5.82 Å². The largest absolute Gasteiger partial charge is 0.378 e. The lowest BCUT2D eigenvalue weighted by Gasteiger charge is -2.29. The number of aryl methyl sites for hydroxylation is 2. The van der Waals surface area contributed by atoms with Gasteiger partial charge in [0.05, 0.1) is 40.3 Å². The number of pyridine rings is 1. The molecule has 0 radical (unpaired) electrons. The highest BCUT2D eigenvalue weighted by Crippen LogP contribution is 2.36. The van der Waals surface area contributed by atoms with Gasteiger partial charge in [-0.3, -0.25) is 9.55 Å². The van der Waals surface area contributed by atoms with Crippen LogP contribution >= 0.6 is 11.6 Å². The van der Waals surface area contributed by atoms with E-state index in [9.17, 15) is 0 Å². The smallest absolute Gasteiger partial charge is 0.163 e. The Morgan fingerprint density at radius 2 is 1.88 bits per heavy atom. The van der Waals surface area contributed by atoms with Crippen LogP contribution in [-0.2, 0) is 4.74 Å². The van der Waals surface area contributed by atoms with E-state index in [4.69, 9.17) is 21.3 Å². The van der Waals surface area contributed by atoms with Crippen LogP contribution in [0.15, 0.2) is 36.5 Å². The number of aromatic nitrogens is 6. The fourth-order valence-corrected chi connectivity index (χ4v) is 4.80. The van der Waals surface area contributed by atoms with Crippen molar-refractivity contribution in [3.63, 3.8) is 0 Å². The molecule has 0 aliphatic carbocycles. The van der Waals surface area contributed by atoms with Crippen LogP contribution in [0.4, 0.5) is 10.1 Å². The van der Waals surface area contributed by atoms with Crippen LogP contribution in [0.1, 0.15) is 11.6 Å². The van der Waals surface area contributed by atoms with Crippen LogP contribution in [0, 0.1) is 19.7 Å². The number of benzene rings is 2. The van der Waals surface area contributed by atoms with E-state index in [0.717, 1.165) is 35.4 Å². The van der Waals surface area contributed by atoms with Crippen LogP contribution in [0.5, 0.6) is 0 Å². The zero-order chi connectivity index (χ0) is 23.4. The SMILES string of the molecule is Cc1nnc(-c2cc(N3CCOCC3)cc3c2nc(C)n3-c2ccnc3c(Cl)ccc(F)c23)[nH]1. The Hall–Kier alpha value is -3.56. The lowest BCUT2D eigenvalue weighted by Crippen LogP contribution is -2.36. The number of fused-ring (bicyclic) bond motifs is 2. The Bertz CT molecular complexity index is 1550. The minimum Gasteiger partial charge on any atom is -0.378 e. The van der Waals surface area contributed by atoms with Crippen molar-refractivity contribution in [2.45, 2.75) is 13.8 Å². The van der Waals surface area contributed by atoms with Gasteiger partial charge in [0.1, 0.15) is 23.0 Å². The average Bonchev–Trinajstić information content (AvgIpc) is 3.43. The molecule has 4 heterocycles. The monoisotopic (exact) mass is 477 g/mol. The molecule has 0 unspecified atom stereocenters. The maximum atomic E-state index is 15.1. The van der Waals surface area contributed by atoms with Crippen molar-refractivity contribution >= 4 is 39.2 Å². The fourth-order valence-electron chi connectivity index (χ4n) is 4.60. The second-order valence-electron chi connectivity index (χ2n) is 8.30. The summed E-state index contributed by atoms with van der Waals surface area (Å²) in [5.41, 5.74) is 4.46. The third kappa shape index (κ3) is 3.31. The first kappa shape index (κ1) is 21.0. The molecule has 0 atom stereocenters. The van der Waals surface area contributed by atoms with Gasteiger partial charge in [-0.25, -0.2) is 9.37 Å². The molecule has 0 bridgehead atoms. The maximum absolute atomic E-state index is 15.1. The van der Waals surface area contributed by atoms with Gasteiger partial charge in [0.2, 0.25) is 0 Å². The number of ether oxygens (including phenoxy) is 1. The van der Waals surface area contributed by atoms with Crippen molar-refractivity contribution in [1.29, 1.82) is 0 Å². The van der Waals surface area contributed by atoms with E-state index in [-0.39, 0.29) is 5.82 Å². The minimum absolute atomic E-state index is 0.353. The standard InChI is InChI=1S/C24H21ClFN7O/c1-13-28-24(31-30-13)16-11-15(32-7-9-34-10-8-32)12-20-22(16)29-14(2)33(20)19-5-6-27-23-17(25)3-4-18(26)21(19)23/h3-6,11-12H,7-10H2,1-2H3,(H,28,30,31). The Labute approximate surface area is 199 Å². The summed E-state index contributed by atoms with van der Waals surface area (Å²) in [5.74, 6) is 1.67. The van der Waals surface area contributed by atoms with Gasteiger partial charge in [-0.05, 0) is 44.2 Å². The Balaban J connectivity index is 1.68. The number of imidazole rings is 1. The lowest BCUT2D eigenvalue weighted by molar-refractivity contribution is 0.122. The van der Waals surface area contributed by atoms with Crippen molar-refractivity contribution < 1.29 is 9.13 Å². The summed E-state index contributed by atoms with van der Waals surface area (Å²) in [6, 6.07) is 8.84. The van der Waals surface area contributed by atoms with E-state index >= 15 is 4.39 Å². The third-order valence-electron chi connectivity index (χ3n) is 6.15. The summed E-state index contributed by atoms with van der Waals surface area (Å²) >= 11 is 6.36. The van der Waals surface area contributed by atoms with Gasteiger partial charge in [0.25, 0.3) is 0 Å². The quantitative estimate of drug-likeness (QED) is 0.408. The van der Waals surface area contributed by atoms with Gasteiger partial charge in [-0.2, -0.15) is 0 Å². The molecular formula is C24H21ClFN7O. The highest BCUT2D eigenvalue weighted by Gasteiger charge is 2.22. The summed E-state index contributed by atoms with van der Waals surface area (Å²) < 4.78 is 22.6. The predicted octanol–water partition coefficient (Wildman–Crippen LogP) is 4.60. The Morgan fingerprint density at radius 3 is 2.65 bits per heavy atom. The molecule has 0 saturated carbocycles. The Morgan fingerprint density at radius 1 is 1.06 bits per heavy atom. The van der Waals surface area contributed by atoms with E-state index < -0.39 is 0 Å². The molecule has 1 fully saturated rings. The molecule has 1 saturated heterocycles. The topological polar surface area (TPSA) is 84.8 Å². The first-order chi connectivity index (χ1) is 16.5. The normalized spacial score (nSPS) is 14.4. The fraction of sp³-hybridized carbons (Fsp3) is 0.250. The van der Waals surface area contributed by atoms with Gasteiger partial charge in [0, 0.05) is 30.5 Å². The van der Waals surface area contributed by atoms with Crippen molar-refractivity contribution in [2.75, 3.05) is 31.2 Å². The second-order valence-corrected chi connectivity index (χ2v) is 8.70. The second kappa shape index (κ2) is 8.03. The number of morpholine rings is 1. The molecule has 10 heteroatoms. The van der Waals surface area contributed by atoms with E-state index in [0.29, 0.717) is 52.3 Å². The Kier molecular flexibility index (Phi) is 4.96. The van der Waals surface area contributed by atoms with Crippen LogP contribution < -0.4 is 4.90 Å². The van der Waals surface area contributed by atoms with Gasteiger partial charge in [-0.15, -0.1) is 10.2 Å². The first-order valence-electron chi connectivity index (χ1n) is 11.0. The number of rotatable bonds is 3. The van der Waals surface area contributed by atoms with Gasteiger partial charge < -0.3 is 14.6 Å². The van der Waals surface area contributed by atoms with E-state index in [1.54, 1.807) is 12.3 Å². The number of aromatic amines is 1. The van der Waals surface area contributed by atoms with Crippen LogP contribution in [-0.4, -0.2) is 56.0 Å². The van der Waals surface area contributed by atoms with Crippen LogP contribution in [0.25, 0.3) is 39.0 Å². The van der Waals surface area contributed by atoms with Gasteiger partial charge in [-0.1, -0.05) is 11.6 Å². The third-order valence-corrected chi connectivity index (χ3v) is 6.46. The predicted molar refractivity (Wildman–Crippen MR) is 129 cm³/mol. The van der Waals surface area contributed by atoms with Crippen molar-refractivity contribution in [3.05, 3.63) is 59.0 Å². The number of hydrogen-bond donors (Lipinski definition) is 1. The van der Waals surface area contributed by atoms with Crippen molar-refractivity contribution in [1.82, 2.24) is 29.7 Å². The molecule has 1 N–H and O–H groups in total. The molecule has 2 aromatic carbocycles. The van der Waals surface area contributed by atoms with Crippen LogP contribution in [0.2, 0.25) is 5.02 Å². The lowest BCUT2D eigenvalue weighted by atomic mass is 10.1. The summed E-state index contributed by atoms with van der Waals surface area (Å²) in [6.45, 7) is 6.63. The first-order valence-corrected chi connectivity index (χ1v) is 11.4. The van der Waals surface area contributed by atoms with E-state index in [2.05, 4.69) is 37.2 Å². The molecule has 34 heavy (non-hydrogen) atoms. The van der Waals surface area contributed by atoms with Crippen LogP contribution in [0.3, 0.4) is 0 Å². The molecule has 0 amide bonds. The van der Waals surface area contributed by atoms with Gasteiger partial charge >= 0.3 is 0 Å². The van der Waals surface area contributed by atoms with E-state index in [1.165, 1.54) is 12.1 Å². The molecule has 0 spiro atoms. The molecule has 3 aromatic heterocycles. The maximum Gasteiger partial charge on any atom is 0.163 e. The highest BCUT2D eigenvalue weighted by molar-refractivity contribution is 6.35. The molecule has 8 nitrogen and oxygen atoms in total. The highest BCUT2D eigenvalue weighted by atomic mass is 35.5. The summed E-state index contributed by atoms with van der Waals surface area (Å²) in [6.07, 6.45) is 1.64. The molecule has 6 rings (SSSR count). The summed E-state index contributed by atoms with van der Waals surface area (Å²) in [5, 5.41) is 9.22. The molecule has 1 aliphatic rings. The number of nitrogens with zero attached hydrogens (tertiary/aromatic N) is 6. The van der Waals surface area contributed by atoms with Crippen molar-refractivity contribution in [3.8, 4) is 17.1 Å². The number of halogens is 2. The molecule has 172 valence electrons. The van der Waals surface area contributed by atoms with Crippen molar-refractivity contribution in [2.24, 2.45) is 0 Å².